The Labute approximate surface area is 154 Å². The van der Waals surface area contributed by atoms with Crippen molar-refractivity contribution in [1.29, 1.82) is 0 Å². The number of halogens is 1. The van der Waals surface area contributed by atoms with Crippen LogP contribution in [-0.4, -0.2) is 51.7 Å². The number of benzene rings is 1. The first kappa shape index (κ1) is 18.0. The van der Waals surface area contributed by atoms with Gasteiger partial charge in [-0.15, -0.1) is 0 Å². The minimum absolute atomic E-state index is 0.108. The molecule has 0 radical (unpaired) electrons. The van der Waals surface area contributed by atoms with E-state index in [-0.39, 0.29) is 5.91 Å². The molecule has 5 nitrogen and oxygen atoms in total. The summed E-state index contributed by atoms with van der Waals surface area (Å²) in [5, 5.41) is 5.24. The van der Waals surface area contributed by atoms with Crippen LogP contribution < -0.4 is 0 Å². The molecular weight excluding hydrogens is 336 g/mol. The van der Waals surface area contributed by atoms with E-state index in [2.05, 4.69) is 16.1 Å². The Morgan fingerprint density at radius 3 is 2.52 bits per heavy atom. The lowest BCUT2D eigenvalue weighted by Gasteiger charge is -2.34. The van der Waals surface area contributed by atoms with Crippen LogP contribution >= 0.6 is 11.6 Å². The number of carbonyl (C=O) groups is 1. The summed E-state index contributed by atoms with van der Waals surface area (Å²) in [6.07, 6.45) is 0. The van der Waals surface area contributed by atoms with E-state index in [1.165, 1.54) is 5.56 Å². The molecule has 6 heteroatoms. The van der Waals surface area contributed by atoms with Gasteiger partial charge in [0.2, 0.25) is 0 Å². The first-order valence-electron chi connectivity index (χ1n) is 8.79. The average molecular weight is 361 g/mol. The van der Waals surface area contributed by atoms with Crippen LogP contribution in [0.4, 0.5) is 0 Å². The fourth-order valence-electron chi connectivity index (χ4n) is 3.48. The Bertz CT molecular complexity index is 763. The lowest BCUT2D eigenvalue weighted by atomic mass is 10.1. The highest BCUT2D eigenvalue weighted by molar-refractivity contribution is 6.30. The molecule has 1 aliphatic heterocycles. The van der Waals surface area contributed by atoms with Crippen LogP contribution in [0.2, 0.25) is 5.02 Å². The summed E-state index contributed by atoms with van der Waals surface area (Å²) < 4.78 is 1.90. The van der Waals surface area contributed by atoms with E-state index < -0.39 is 0 Å². The summed E-state index contributed by atoms with van der Waals surface area (Å²) in [6, 6.07) is 7.97. The first-order chi connectivity index (χ1) is 12.0. The van der Waals surface area contributed by atoms with Gasteiger partial charge >= 0.3 is 0 Å². The van der Waals surface area contributed by atoms with Gasteiger partial charge in [0.25, 0.3) is 5.91 Å². The molecule has 1 fully saturated rings. The number of amides is 1. The monoisotopic (exact) mass is 360 g/mol. The zero-order valence-corrected chi connectivity index (χ0v) is 15.9. The smallest absolute Gasteiger partial charge is 0.257 e. The molecule has 2 aromatic rings. The fourth-order valence-corrected chi connectivity index (χ4v) is 3.69. The average Bonchev–Trinajstić information content (AvgIpc) is 2.89. The van der Waals surface area contributed by atoms with E-state index in [1.54, 1.807) is 0 Å². The molecule has 0 spiro atoms. The Kier molecular flexibility index (Phi) is 5.45. The predicted molar refractivity (Wildman–Crippen MR) is 100 cm³/mol. The highest BCUT2D eigenvalue weighted by atomic mass is 35.5. The number of aryl methyl sites for hydroxylation is 2. The highest BCUT2D eigenvalue weighted by Crippen LogP contribution is 2.18. The van der Waals surface area contributed by atoms with Crippen LogP contribution in [0, 0.1) is 13.8 Å². The SMILES string of the molecule is CCn1nc(C)c(C(=O)N2CCN(Cc3cccc(Cl)c3)CC2)c1C. The van der Waals surface area contributed by atoms with Crippen molar-refractivity contribution in [2.45, 2.75) is 33.9 Å². The normalized spacial score (nSPS) is 15.6. The van der Waals surface area contributed by atoms with Gasteiger partial charge in [0, 0.05) is 50.0 Å². The van der Waals surface area contributed by atoms with E-state index in [1.807, 2.05) is 48.6 Å². The van der Waals surface area contributed by atoms with Crippen molar-refractivity contribution in [1.82, 2.24) is 19.6 Å². The number of rotatable bonds is 4. The minimum Gasteiger partial charge on any atom is -0.336 e. The van der Waals surface area contributed by atoms with Crippen LogP contribution in [0.1, 0.15) is 34.2 Å². The minimum atomic E-state index is 0.108. The summed E-state index contributed by atoms with van der Waals surface area (Å²) in [6.45, 7) is 10.8. The Balaban J connectivity index is 1.62. The molecule has 0 atom stereocenters. The number of hydrogen-bond donors (Lipinski definition) is 0. The van der Waals surface area contributed by atoms with Gasteiger partial charge in [-0.1, -0.05) is 23.7 Å². The Hall–Kier alpha value is -1.85. The first-order valence-corrected chi connectivity index (χ1v) is 9.17. The van der Waals surface area contributed by atoms with E-state index in [4.69, 9.17) is 11.6 Å². The Morgan fingerprint density at radius 2 is 1.92 bits per heavy atom. The zero-order chi connectivity index (χ0) is 18.0. The number of nitrogens with zero attached hydrogens (tertiary/aromatic N) is 4. The fraction of sp³-hybridized carbons (Fsp3) is 0.474. The van der Waals surface area contributed by atoms with Gasteiger partial charge in [0.15, 0.2) is 0 Å². The molecule has 1 amide bonds. The molecule has 2 heterocycles. The summed E-state index contributed by atoms with van der Waals surface area (Å²) in [7, 11) is 0. The van der Waals surface area contributed by atoms with Crippen molar-refractivity contribution in [2.24, 2.45) is 0 Å². The van der Waals surface area contributed by atoms with Crippen molar-refractivity contribution in [3.05, 3.63) is 51.8 Å². The summed E-state index contributed by atoms with van der Waals surface area (Å²) in [5.41, 5.74) is 3.77. The van der Waals surface area contributed by atoms with Crippen molar-refractivity contribution in [3.63, 3.8) is 0 Å². The third-order valence-corrected chi connectivity index (χ3v) is 5.08. The molecule has 134 valence electrons. The summed E-state index contributed by atoms with van der Waals surface area (Å²) in [5.74, 6) is 0.108. The van der Waals surface area contributed by atoms with Crippen molar-refractivity contribution >= 4 is 17.5 Å². The summed E-state index contributed by atoms with van der Waals surface area (Å²) in [4.78, 5) is 17.2. The standard InChI is InChI=1S/C19H25ClN4O/c1-4-24-15(3)18(14(2)21-24)19(25)23-10-8-22(9-11-23)13-16-6-5-7-17(20)12-16/h5-7,12H,4,8-11,13H2,1-3H3. The van der Waals surface area contributed by atoms with Crippen LogP contribution in [0.3, 0.4) is 0 Å². The Morgan fingerprint density at radius 1 is 1.20 bits per heavy atom. The molecule has 1 saturated heterocycles. The molecule has 1 aliphatic rings. The van der Waals surface area contributed by atoms with Gasteiger partial charge in [-0.05, 0) is 38.5 Å². The molecular formula is C19H25ClN4O. The maximum Gasteiger partial charge on any atom is 0.257 e. The van der Waals surface area contributed by atoms with E-state index >= 15 is 0 Å². The highest BCUT2D eigenvalue weighted by Gasteiger charge is 2.26. The second-order valence-corrected chi connectivity index (χ2v) is 7.00. The molecule has 0 unspecified atom stereocenters. The van der Waals surface area contributed by atoms with Crippen molar-refractivity contribution in [3.8, 4) is 0 Å². The third kappa shape index (κ3) is 3.88. The predicted octanol–water partition coefficient (Wildman–Crippen LogP) is 3.13. The molecule has 0 aliphatic carbocycles. The lowest BCUT2D eigenvalue weighted by molar-refractivity contribution is 0.0627. The molecule has 1 aromatic heterocycles. The van der Waals surface area contributed by atoms with Crippen LogP contribution in [0.5, 0.6) is 0 Å². The molecule has 3 rings (SSSR count). The largest absolute Gasteiger partial charge is 0.336 e. The van der Waals surface area contributed by atoms with E-state index in [0.717, 1.165) is 61.2 Å². The van der Waals surface area contributed by atoms with Gasteiger partial charge in [-0.25, -0.2) is 0 Å². The number of piperazine rings is 1. The number of hydrogen-bond acceptors (Lipinski definition) is 3. The van der Waals surface area contributed by atoms with Gasteiger partial charge in [-0.3, -0.25) is 14.4 Å². The number of aromatic nitrogens is 2. The van der Waals surface area contributed by atoms with Crippen molar-refractivity contribution < 1.29 is 4.79 Å². The lowest BCUT2D eigenvalue weighted by Crippen LogP contribution is -2.48. The second-order valence-electron chi connectivity index (χ2n) is 6.56. The van der Waals surface area contributed by atoms with Crippen LogP contribution in [-0.2, 0) is 13.1 Å². The van der Waals surface area contributed by atoms with E-state index in [9.17, 15) is 4.79 Å². The molecule has 0 saturated carbocycles. The topological polar surface area (TPSA) is 41.4 Å². The van der Waals surface area contributed by atoms with E-state index in [0.29, 0.717) is 0 Å². The third-order valence-electron chi connectivity index (χ3n) is 4.85. The molecule has 0 bridgehead atoms. The maximum atomic E-state index is 12.9. The van der Waals surface area contributed by atoms with Crippen LogP contribution in [0.15, 0.2) is 24.3 Å². The quantitative estimate of drug-likeness (QED) is 0.841. The van der Waals surface area contributed by atoms with Gasteiger partial charge in [0.1, 0.15) is 0 Å². The second kappa shape index (κ2) is 7.58. The number of carbonyl (C=O) groups excluding carboxylic acids is 1. The van der Waals surface area contributed by atoms with Gasteiger partial charge in [-0.2, -0.15) is 5.10 Å². The van der Waals surface area contributed by atoms with Crippen molar-refractivity contribution in [2.75, 3.05) is 26.2 Å². The molecule has 25 heavy (non-hydrogen) atoms. The van der Waals surface area contributed by atoms with Gasteiger partial charge < -0.3 is 4.90 Å². The maximum absolute atomic E-state index is 12.9. The molecule has 0 N–H and O–H groups in total. The van der Waals surface area contributed by atoms with Gasteiger partial charge in [0.05, 0.1) is 11.3 Å². The molecule has 1 aromatic carbocycles. The van der Waals surface area contributed by atoms with Crippen LogP contribution in [0.25, 0.3) is 0 Å². The summed E-state index contributed by atoms with van der Waals surface area (Å²) >= 11 is 6.06. The zero-order valence-electron chi connectivity index (χ0n) is 15.1.